The van der Waals surface area contributed by atoms with Crippen LogP contribution in [0.1, 0.15) is 89.4 Å². The van der Waals surface area contributed by atoms with E-state index in [-0.39, 0.29) is 0 Å². The summed E-state index contributed by atoms with van der Waals surface area (Å²) in [5.41, 5.74) is 13.6. The van der Waals surface area contributed by atoms with Crippen molar-refractivity contribution < 1.29 is 16.8 Å². The molecule has 0 bridgehead atoms. The van der Waals surface area contributed by atoms with Gasteiger partial charge < -0.3 is 11.5 Å². The molecule has 2 saturated heterocycles. The van der Waals surface area contributed by atoms with E-state index in [0.717, 1.165) is 90.3 Å². The first kappa shape index (κ1) is 45.3. The van der Waals surface area contributed by atoms with E-state index >= 15 is 0 Å². The summed E-state index contributed by atoms with van der Waals surface area (Å²) >= 11 is 8.05. The van der Waals surface area contributed by atoms with Crippen LogP contribution in [0.25, 0.3) is 0 Å². The number of pyridine rings is 2. The fraction of sp³-hybridized carbons (Fsp3) is 0.450. The number of nitrogen functional groups attached to an aromatic ring is 2. The summed E-state index contributed by atoms with van der Waals surface area (Å²) in [6.07, 6.45) is 12.5. The third kappa shape index (κ3) is 13.9. The van der Waals surface area contributed by atoms with Gasteiger partial charge >= 0.3 is 0 Å². The minimum absolute atomic E-state index is 0.368. The summed E-state index contributed by atoms with van der Waals surface area (Å²) in [5.74, 6) is 1.16. The highest BCUT2D eigenvalue weighted by Gasteiger charge is 2.26. The molecule has 4 aromatic rings. The lowest BCUT2D eigenvalue weighted by molar-refractivity contribution is 0.346. The van der Waals surface area contributed by atoms with Crippen molar-refractivity contribution in [3.8, 4) is 0 Å². The van der Waals surface area contributed by atoms with Crippen molar-refractivity contribution in [2.75, 3.05) is 37.6 Å². The van der Waals surface area contributed by atoms with Crippen molar-refractivity contribution in [3.05, 3.63) is 87.8 Å². The largest absolute Gasteiger partial charge is 0.384 e. The van der Waals surface area contributed by atoms with Gasteiger partial charge in [0, 0.05) is 44.4 Å². The minimum Gasteiger partial charge on any atom is -0.384 e. The minimum atomic E-state index is -3.38. The molecule has 15 heteroatoms. The van der Waals surface area contributed by atoms with E-state index in [1.165, 1.54) is 16.4 Å². The molecule has 2 fully saturated rings. The van der Waals surface area contributed by atoms with Crippen LogP contribution in [0.15, 0.2) is 97.3 Å². The number of nitrogens with two attached hydrogens (primary N) is 2. The number of hydrogen-bond donors (Lipinski definition) is 3. The lowest BCUT2D eigenvalue weighted by atomic mass is 10.2. The first-order valence-corrected chi connectivity index (χ1v) is 24.3. The summed E-state index contributed by atoms with van der Waals surface area (Å²) in [6.45, 7) is 6.86. The van der Waals surface area contributed by atoms with Gasteiger partial charge in [-0.05, 0) is 147 Å². The van der Waals surface area contributed by atoms with Gasteiger partial charge in [-0.1, -0.05) is 51.3 Å². The van der Waals surface area contributed by atoms with E-state index in [2.05, 4.69) is 59.0 Å². The number of nitrogens with zero attached hydrogens (tertiary/aromatic N) is 4. The van der Waals surface area contributed by atoms with Crippen molar-refractivity contribution in [1.82, 2.24) is 18.6 Å². The molecule has 10 nitrogen and oxygen atoms in total. The molecule has 0 amide bonds. The van der Waals surface area contributed by atoms with Gasteiger partial charge in [0.1, 0.15) is 11.6 Å². The average Bonchev–Trinajstić information content (AvgIpc) is 3.20. The Labute approximate surface area is 352 Å². The number of aryl methyl sites for hydroxylation is 2. The summed E-state index contributed by atoms with van der Waals surface area (Å²) < 4.78 is 54.3. The van der Waals surface area contributed by atoms with Crippen LogP contribution < -0.4 is 11.5 Å². The van der Waals surface area contributed by atoms with Crippen LogP contribution in [-0.4, -0.2) is 61.6 Å². The molecule has 0 atom stereocenters. The third-order valence-corrected chi connectivity index (χ3v) is 15.4. The van der Waals surface area contributed by atoms with Crippen LogP contribution in [-0.2, 0) is 32.9 Å². The second-order valence-corrected chi connectivity index (χ2v) is 20.2. The number of benzene rings is 2. The van der Waals surface area contributed by atoms with Crippen molar-refractivity contribution in [3.63, 3.8) is 0 Å². The molecule has 300 valence electrons. The van der Waals surface area contributed by atoms with E-state index < -0.39 is 20.0 Å². The number of unbranched alkanes of at least 4 members (excludes halogenated alkanes) is 2. The summed E-state index contributed by atoms with van der Waals surface area (Å²) in [5, 5.41) is 0. The van der Waals surface area contributed by atoms with Crippen LogP contribution in [0.5, 0.6) is 0 Å². The molecule has 0 unspecified atom stereocenters. The smallest absolute Gasteiger partial charge is 0.243 e. The number of halogens is 1. The van der Waals surface area contributed by atoms with Gasteiger partial charge in [0.2, 0.25) is 20.0 Å². The number of rotatable bonds is 12. The summed E-state index contributed by atoms with van der Waals surface area (Å²) in [6, 6.07) is 21.5. The van der Waals surface area contributed by atoms with Gasteiger partial charge in [-0.25, -0.2) is 26.8 Å². The van der Waals surface area contributed by atoms with Crippen LogP contribution in [0, 0.1) is 3.57 Å². The lowest BCUT2D eigenvalue weighted by Gasteiger charge is -2.25. The predicted octanol–water partition coefficient (Wildman–Crippen LogP) is 9.09. The van der Waals surface area contributed by atoms with Gasteiger partial charge in [0.15, 0.2) is 0 Å². The van der Waals surface area contributed by atoms with Gasteiger partial charge in [-0.3, -0.25) is 0 Å². The fourth-order valence-electron chi connectivity index (χ4n) is 6.08. The molecule has 4 N–H and O–H groups in total. The molecule has 0 radical (unpaired) electrons. The van der Waals surface area contributed by atoms with Gasteiger partial charge in [-0.15, -0.1) is 12.6 Å². The normalized spacial score (nSPS) is 15.3. The summed E-state index contributed by atoms with van der Waals surface area (Å²) in [4.78, 5) is 12.3. The zero-order valence-corrected chi connectivity index (χ0v) is 37.4. The number of sulfonamides is 2. The highest BCUT2D eigenvalue weighted by Crippen LogP contribution is 2.32. The fourth-order valence-corrected chi connectivity index (χ4v) is 10.8. The molecular weight excluding hydrogens is 884 g/mol. The maximum Gasteiger partial charge on any atom is 0.243 e. The molecular formula is C40H55IN6O4S4. The molecule has 4 heterocycles. The zero-order chi connectivity index (χ0) is 39.8. The Bertz CT molecular complexity index is 2010. The molecule has 2 aromatic heterocycles. The Morgan fingerprint density at radius 1 is 0.636 bits per heavy atom. The van der Waals surface area contributed by atoms with Crippen molar-refractivity contribution in [2.45, 2.75) is 115 Å². The Balaban J connectivity index is 0.000000203. The number of anilines is 2. The molecule has 2 aromatic carbocycles. The quantitative estimate of drug-likeness (QED) is 0.0933. The van der Waals surface area contributed by atoms with E-state index in [1.807, 2.05) is 36.4 Å². The highest BCUT2D eigenvalue weighted by atomic mass is 127. The Hall–Kier alpha value is -2.41. The van der Waals surface area contributed by atoms with E-state index in [0.29, 0.717) is 47.6 Å². The molecule has 0 saturated carbocycles. The van der Waals surface area contributed by atoms with Crippen molar-refractivity contribution in [1.29, 1.82) is 0 Å². The number of hydrogen-bond acceptors (Lipinski definition) is 10. The first-order chi connectivity index (χ1) is 26.3. The Morgan fingerprint density at radius 3 is 1.56 bits per heavy atom. The van der Waals surface area contributed by atoms with Crippen LogP contribution >= 0.6 is 47.0 Å². The van der Waals surface area contributed by atoms with Crippen LogP contribution in [0.2, 0.25) is 0 Å². The highest BCUT2D eigenvalue weighted by molar-refractivity contribution is 14.1. The van der Waals surface area contributed by atoms with E-state index in [1.54, 1.807) is 56.8 Å². The van der Waals surface area contributed by atoms with Gasteiger partial charge in [0.25, 0.3) is 0 Å². The van der Waals surface area contributed by atoms with Crippen molar-refractivity contribution in [2.24, 2.45) is 0 Å². The lowest BCUT2D eigenvalue weighted by Crippen LogP contribution is -2.35. The first-order valence-electron chi connectivity index (χ1n) is 19.1. The predicted molar refractivity (Wildman–Crippen MR) is 237 cm³/mol. The SMILES string of the molecule is CCCCc1nc(N)ccc1I.CCCCc1nc(N)ccc1Sc1ccc(S(=O)(=O)N2CCCCC2)cc1.O=S(=O)(c1ccc(S)cc1)N1CCCCC1. The molecule has 6 rings (SSSR count). The van der Waals surface area contributed by atoms with Crippen LogP contribution in [0.3, 0.4) is 0 Å². The number of piperidine rings is 2. The Kier molecular flexibility index (Phi) is 18.5. The molecule has 0 aliphatic carbocycles. The third-order valence-electron chi connectivity index (χ3n) is 9.22. The van der Waals surface area contributed by atoms with Gasteiger partial charge in [-0.2, -0.15) is 8.61 Å². The zero-order valence-electron chi connectivity index (χ0n) is 31.9. The van der Waals surface area contributed by atoms with Crippen molar-refractivity contribution >= 4 is 78.7 Å². The monoisotopic (exact) mass is 938 g/mol. The maximum atomic E-state index is 12.8. The molecule has 2 aliphatic rings. The summed E-state index contributed by atoms with van der Waals surface area (Å²) in [7, 11) is -6.66. The molecule has 2 aliphatic heterocycles. The van der Waals surface area contributed by atoms with Gasteiger partial charge in [0.05, 0.1) is 21.2 Å². The maximum absolute atomic E-state index is 12.8. The average molecular weight is 939 g/mol. The number of thiol groups is 1. The standard InChI is InChI=1S/C20H27N3O2S2.C11H15NO2S2.C9H13IN2/c1-2-3-7-18-19(12-13-20(21)22-18)26-16-8-10-17(11-9-16)27(24,25)23-14-5-4-6-15-23;13-16(14,12-8-2-1-3-9-12)11-6-4-10(15)5-7-11;1-2-3-4-8-7(10)5-6-9(11)12-8/h8-13H,2-7,14-15H2,1H3,(H2,21,22);4-7,15H,1-3,8-9H2;5-6H,2-4H2,1H3,(H2,11,12). The molecule has 0 spiro atoms. The van der Waals surface area contributed by atoms with Crippen LogP contribution in [0.4, 0.5) is 11.6 Å². The van der Waals surface area contributed by atoms with E-state index in [4.69, 9.17) is 11.5 Å². The number of aromatic nitrogens is 2. The second-order valence-electron chi connectivity index (χ2n) is 13.5. The Morgan fingerprint density at radius 2 is 1.07 bits per heavy atom. The topological polar surface area (TPSA) is 153 Å². The molecule has 55 heavy (non-hydrogen) atoms. The second kappa shape index (κ2) is 22.5. The van der Waals surface area contributed by atoms with E-state index in [9.17, 15) is 16.8 Å².